The minimum absolute atomic E-state index is 0.642. The Labute approximate surface area is 127 Å². The molecule has 0 aromatic heterocycles. The molecular weight excluding hydrogens is 277 g/mol. The van der Waals surface area contributed by atoms with E-state index in [9.17, 15) is 0 Å². The molecule has 0 spiro atoms. The summed E-state index contributed by atoms with van der Waals surface area (Å²) in [7, 11) is 0. The Kier molecular flexibility index (Phi) is 8.52. The Morgan fingerprint density at radius 3 is 2.58 bits per heavy atom. The van der Waals surface area contributed by atoms with Gasteiger partial charge in [-0.15, -0.1) is 0 Å². The SMILES string of the molecule is CCCNC(CCC)CCCc1cccc(Cl)c1Cl. The quantitative estimate of drug-likeness (QED) is 0.636. The van der Waals surface area contributed by atoms with E-state index in [2.05, 4.69) is 25.2 Å². The van der Waals surface area contributed by atoms with Crippen LogP contribution in [0.5, 0.6) is 0 Å². The summed E-state index contributed by atoms with van der Waals surface area (Å²) >= 11 is 12.2. The molecule has 1 N–H and O–H groups in total. The van der Waals surface area contributed by atoms with Crippen molar-refractivity contribution < 1.29 is 0 Å². The van der Waals surface area contributed by atoms with Crippen molar-refractivity contribution in [3.05, 3.63) is 33.8 Å². The van der Waals surface area contributed by atoms with E-state index in [0.717, 1.165) is 24.4 Å². The summed E-state index contributed by atoms with van der Waals surface area (Å²) in [6, 6.07) is 6.53. The molecule has 0 amide bonds. The fourth-order valence-electron chi connectivity index (χ4n) is 2.33. The molecule has 1 aromatic carbocycles. The number of aryl methyl sites for hydroxylation is 1. The molecule has 3 heteroatoms. The van der Waals surface area contributed by atoms with Crippen molar-refractivity contribution in [2.24, 2.45) is 0 Å². The average molecular weight is 302 g/mol. The number of rotatable bonds is 9. The van der Waals surface area contributed by atoms with Crippen LogP contribution in [0.15, 0.2) is 18.2 Å². The van der Waals surface area contributed by atoms with E-state index in [1.165, 1.54) is 31.2 Å². The van der Waals surface area contributed by atoms with E-state index in [1.807, 2.05) is 12.1 Å². The molecule has 0 saturated carbocycles. The van der Waals surface area contributed by atoms with Crippen LogP contribution in [0, 0.1) is 0 Å². The van der Waals surface area contributed by atoms with E-state index in [1.54, 1.807) is 0 Å². The van der Waals surface area contributed by atoms with E-state index in [4.69, 9.17) is 23.2 Å². The highest BCUT2D eigenvalue weighted by atomic mass is 35.5. The van der Waals surface area contributed by atoms with Gasteiger partial charge in [0.1, 0.15) is 0 Å². The molecule has 0 radical (unpaired) electrons. The van der Waals surface area contributed by atoms with Crippen LogP contribution in [-0.2, 0) is 6.42 Å². The molecule has 1 unspecified atom stereocenters. The van der Waals surface area contributed by atoms with Crippen LogP contribution >= 0.6 is 23.2 Å². The number of hydrogen-bond donors (Lipinski definition) is 1. The number of benzene rings is 1. The Bertz CT molecular complexity index is 366. The highest BCUT2D eigenvalue weighted by molar-refractivity contribution is 6.42. The molecule has 0 bridgehead atoms. The van der Waals surface area contributed by atoms with Gasteiger partial charge in [-0.1, -0.05) is 55.6 Å². The molecule has 1 aromatic rings. The van der Waals surface area contributed by atoms with Gasteiger partial charge in [-0.05, 0) is 50.3 Å². The summed E-state index contributed by atoms with van der Waals surface area (Å²) in [5.41, 5.74) is 1.17. The van der Waals surface area contributed by atoms with Crippen molar-refractivity contribution in [2.45, 2.75) is 58.4 Å². The summed E-state index contributed by atoms with van der Waals surface area (Å²) in [4.78, 5) is 0. The first-order chi connectivity index (χ1) is 9.19. The predicted molar refractivity (Wildman–Crippen MR) is 86.4 cm³/mol. The zero-order valence-corrected chi connectivity index (χ0v) is 13.5. The third-order valence-electron chi connectivity index (χ3n) is 3.35. The van der Waals surface area contributed by atoms with Gasteiger partial charge in [0, 0.05) is 6.04 Å². The molecule has 0 aliphatic heterocycles. The highest BCUT2D eigenvalue weighted by Crippen LogP contribution is 2.26. The minimum atomic E-state index is 0.642. The maximum absolute atomic E-state index is 6.21. The summed E-state index contributed by atoms with van der Waals surface area (Å²) in [5, 5.41) is 5.00. The van der Waals surface area contributed by atoms with Crippen LogP contribution in [0.3, 0.4) is 0 Å². The lowest BCUT2D eigenvalue weighted by Crippen LogP contribution is -2.29. The number of halogens is 2. The van der Waals surface area contributed by atoms with Crippen molar-refractivity contribution in [1.82, 2.24) is 5.32 Å². The largest absolute Gasteiger partial charge is 0.314 e. The second-order valence-corrected chi connectivity index (χ2v) is 5.83. The molecule has 0 aliphatic rings. The molecule has 0 saturated heterocycles. The van der Waals surface area contributed by atoms with Crippen molar-refractivity contribution in [1.29, 1.82) is 0 Å². The van der Waals surface area contributed by atoms with Crippen LogP contribution in [0.1, 0.15) is 51.5 Å². The van der Waals surface area contributed by atoms with E-state index in [0.29, 0.717) is 11.1 Å². The van der Waals surface area contributed by atoms with Crippen molar-refractivity contribution in [3.8, 4) is 0 Å². The van der Waals surface area contributed by atoms with Crippen LogP contribution in [0.4, 0.5) is 0 Å². The van der Waals surface area contributed by atoms with Gasteiger partial charge < -0.3 is 5.32 Å². The smallest absolute Gasteiger partial charge is 0.0624 e. The summed E-state index contributed by atoms with van der Waals surface area (Å²) in [5.74, 6) is 0. The monoisotopic (exact) mass is 301 g/mol. The lowest BCUT2D eigenvalue weighted by molar-refractivity contribution is 0.438. The topological polar surface area (TPSA) is 12.0 Å². The third kappa shape index (κ3) is 6.16. The van der Waals surface area contributed by atoms with Gasteiger partial charge in [0.15, 0.2) is 0 Å². The molecule has 0 heterocycles. The molecule has 0 fully saturated rings. The second-order valence-electron chi connectivity index (χ2n) is 5.04. The normalized spacial score (nSPS) is 12.6. The standard InChI is InChI=1S/C16H25Cl2N/c1-3-7-14(19-12-4-2)10-5-8-13-9-6-11-15(17)16(13)18/h6,9,11,14,19H,3-5,7-8,10,12H2,1-2H3. The maximum Gasteiger partial charge on any atom is 0.0624 e. The van der Waals surface area contributed by atoms with Gasteiger partial charge in [-0.2, -0.15) is 0 Å². The summed E-state index contributed by atoms with van der Waals surface area (Å²) in [6.45, 7) is 5.57. The molecular formula is C16H25Cl2N. The summed E-state index contributed by atoms with van der Waals surface area (Å²) in [6.07, 6.45) is 7.05. The molecule has 108 valence electrons. The van der Waals surface area contributed by atoms with Gasteiger partial charge in [-0.3, -0.25) is 0 Å². The molecule has 1 atom stereocenters. The van der Waals surface area contributed by atoms with Crippen molar-refractivity contribution in [2.75, 3.05) is 6.54 Å². The Morgan fingerprint density at radius 2 is 1.89 bits per heavy atom. The Hall–Kier alpha value is -0.240. The number of nitrogens with one attached hydrogen (secondary N) is 1. The van der Waals surface area contributed by atoms with Gasteiger partial charge in [0.2, 0.25) is 0 Å². The van der Waals surface area contributed by atoms with E-state index < -0.39 is 0 Å². The first kappa shape index (κ1) is 16.8. The van der Waals surface area contributed by atoms with Crippen molar-refractivity contribution in [3.63, 3.8) is 0 Å². The van der Waals surface area contributed by atoms with Gasteiger partial charge in [-0.25, -0.2) is 0 Å². The molecule has 1 rings (SSSR count). The van der Waals surface area contributed by atoms with Gasteiger partial charge in [0.05, 0.1) is 10.0 Å². The van der Waals surface area contributed by atoms with E-state index >= 15 is 0 Å². The number of hydrogen-bond acceptors (Lipinski definition) is 1. The summed E-state index contributed by atoms with van der Waals surface area (Å²) < 4.78 is 0. The lowest BCUT2D eigenvalue weighted by atomic mass is 10.0. The maximum atomic E-state index is 6.21. The minimum Gasteiger partial charge on any atom is -0.314 e. The molecule has 19 heavy (non-hydrogen) atoms. The average Bonchev–Trinajstić information content (AvgIpc) is 2.40. The fraction of sp³-hybridized carbons (Fsp3) is 0.625. The lowest BCUT2D eigenvalue weighted by Gasteiger charge is -2.17. The van der Waals surface area contributed by atoms with Crippen molar-refractivity contribution >= 4 is 23.2 Å². The first-order valence-corrected chi connectivity index (χ1v) is 8.10. The Balaban J connectivity index is 2.40. The second kappa shape index (κ2) is 9.63. The predicted octanol–water partition coefficient (Wildman–Crippen LogP) is 5.48. The first-order valence-electron chi connectivity index (χ1n) is 7.35. The van der Waals surface area contributed by atoms with Crippen LogP contribution < -0.4 is 5.32 Å². The molecule has 0 aliphatic carbocycles. The fourth-order valence-corrected chi connectivity index (χ4v) is 2.74. The van der Waals surface area contributed by atoms with E-state index in [-0.39, 0.29) is 0 Å². The van der Waals surface area contributed by atoms with Gasteiger partial charge in [0.25, 0.3) is 0 Å². The highest BCUT2D eigenvalue weighted by Gasteiger charge is 2.08. The Morgan fingerprint density at radius 1 is 1.11 bits per heavy atom. The van der Waals surface area contributed by atoms with Crippen LogP contribution in [0.2, 0.25) is 10.0 Å². The van der Waals surface area contributed by atoms with Gasteiger partial charge >= 0.3 is 0 Å². The van der Waals surface area contributed by atoms with Crippen LogP contribution in [-0.4, -0.2) is 12.6 Å². The molecule has 1 nitrogen and oxygen atoms in total. The third-order valence-corrected chi connectivity index (χ3v) is 4.21. The zero-order valence-electron chi connectivity index (χ0n) is 12.0. The van der Waals surface area contributed by atoms with Crippen LogP contribution in [0.25, 0.3) is 0 Å². The zero-order chi connectivity index (χ0) is 14.1.